The van der Waals surface area contributed by atoms with E-state index in [1.807, 2.05) is 0 Å². The fourth-order valence-electron chi connectivity index (χ4n) is 2.99. The van der Waals surface area contributed by atoms with Gasteiger partial charge in [-0.2, -0.15) is 4.37 Å². The molecule has 0 aliphatic carbocycles. The zero-order chi connectivity index (χ0) is 22.0. The Morgan fingerprint density at radius 3 is 2.88 bits per heavy atom. The van der Waals surface area contributed by atoms with Gasteiger partial charge in [-0.15, -0.1) is 23.1 Å². The summed E-state index contributed by atoms with van der Waals surface area (Å²) >= 11 is 5.19. The third-order valence-electron chi connectivity index (χ3n) is 4.31. The Bertz CT molecular complexity index is 1060. The van der Waals surface area contributed by atoms with Crippen LogP contribution in [0.15, 0.2) is 38.0 Å². The van der Waals surface area contributed by atoms with Crippen LogP contribution in [0, 0.1) is 0 Å². The van der Waals surface area contributed by atoms with Gasteiger partial charge in [0.05, 0.1) is 17.2 Å². The number of oxime groups is 1. The molecule has 16 heteroatoms. The van der Waals surface area contributed by atoms with Crippen LogP contribution in [0.1, 0.15) is 5.69 Å². The van der Waals surface area contributed by atoms with E-state index in [4.69, 9.17) is 4.84 Å². The first-order valence-corrected chi connectivity index (χ1v) is 12.3. The molecule has 11 nitrogen and oxygen atoms in total. The Morgan fingerprint density at radius 2 is 2.25 bits per heavy atom. The molecule has 1 fully saturated rings. The van der Waals surface area contributed by atoms with E-state index < -0.39 is 29.2 Å². The third kappa shape index (κ3) is 5.03. The van der Waals surface area contributed by atoms with Gasteiger partial charge in [-0.1, -0.05) is 16.9 Å². The molecule has 2 aromatic heterocycles. The predicted molar refractivity (Wildman–Crippen MR) is 113 cm³/mol. The van der Waals surface area contributed by atoms with Crippen LogP contribution in [0.4, 0.5) is 0 Å². The Hall–Kier alpha value is -1.49. The number of carboxylic acid groups (broad SMARTS) is 1. The van der Waals surface area contributed by atoms with Gasteiger partial charge in [-0.3, -0.25) is 14.5 Å². The summed E-state index contributed by atoms with van der Waals surface area (Å²) in [5.74, 6) is -1.88. The number of amides is 2. The number of carbonyl (C=O) groups excluding carboxylic acids is 3. The van der Waals surface area contributed by atoms with Crippen molar-refractivity contribution in [1.82, 2.24) is 24.6 Å². The van der Waals surface area contributed by atoms with E-state index in [2.05, 4.69) is 24.8 Å². The van der Waals surface area contributed by atoms with Crippen LogP contribution in [0.5, 0.6) is 0 Å². The molecule has 2 amide bonds. The van der Waals surface area contributed by atoms with E-state index >= 15 is 0 Å². The Labute approximate surface area is 220 Å². The minimum absolute atomic E-state index is 0. The molecule has 162 valence electrons. The van der Waals surface area contributed by atoms with Crippen LogP contribution in [0.2, 0.25) is 0 Å². The van der Waals surface area contributed by atoms with Gasteiger partial charge in [0.25, 0.3) is 11.8 Å². The van der Waals surface area contributed by atoms with Crippen molar-refractivity contribution in [1.29, 1.82) is 0 Å². The van der Waals surface area contributed by atoms with Crippen molar-refractivity contribution < 1.29 is 53.9 Å². The van der Waals surface area contributed by atoms with Crippen LogP contribution in [0.25, 0.3) is 0 Å². The first-order valence-electron chi connectivity index (χ1n) is 8.59. The van der Waals surface area contributed by atoms with E-state index in [1.54, 1.807) is 10.9 Å². The second-order valence-corrected chi connectivity index (χ2v) is 9.92. The van der Waals surface area contributed by atoms with Crippen molar-refractivity contribution in [2.45, 2.75) is 15.8 Å². The maximum absolute atomic E-state index is 12.8. The van der Waals surface area contributed by atoms with Gasteiger partial charge in [0.15, 0.2) is 10.1 Å². The van der Waals surface area contributed by atoms with Gasteiger partial charge < -0.3 is 20.1 Å². The maximum atomic E-state index is 12.8. The molecule has 1 saturated heterocycles. The average Bonchev–Trinajstić information content (AvgIpc) is 3.47. The van der Waals surface area contributed by atoms with Crippen LogP contribution >= 0.6 is 46.4 Å². The van der Waals surface area contributed by atoms with Gasteiger partial charge in [-0.25, -0.2) is 9.97 Å². The Balaban J connectivity index is 0.00000289. The van der Waals surface area contributed by atoms with E-state index in [0.29, 0.717) is 27.1 Å². The summed E-state index contributed by atoms with van der Waals surface area (Å²) < 4.78 is 4.60. The van der Waals surface area contributed by atoms with Crippen LogP contribution in [-0.2, 0) is 19.2 Å². The summed E-state index contributed by atoms with van der Waals surface area (Å²) in [6, 6.07) is -0.898. The predicted octanol–water partition coefficient (Wildman–Crippen LogP) is -3.45. The molecule has 0 spiro atoms. The summed E-state index contributed by atoms with van der Waals surface area (Å²) in [6.07, 6.45) is 1.42. The van der Waals surface area contributed by atoms with Crippen LogP contribution in [0.3, 0.4) is 0 Å². The van der Waals surface area contributed by atoms with E-state index in [1.165, 1.54) is 64.7 Å². The molecule has 0 radical (unpaired) electrons. The van der Waals surface area contributed by atoms with Gasteiger partial charge in [0, 0.05) is 16.9 Å². The minimum atomic E-state index is -1.43. The number of carbonyl (C=O) groups is 3. The molecule has 1 N–H and O–H groups in total. The molecule has 2 atom stereocenters. The Morgan fingerprint density at radius 1 is 1.44 bits per heavy atom. The van der Waals surface area contributed by atoms with Crippen molar-refractivity contribution in [3.8, 4) is 0 Å². The zero-order valence-corrected chi connectivity index (χ0v) is 22.0. The van der Waals surface area contributed by atoms with Crippen LogP contribution in [-0.4, -0.2) is 72.8 Å². The monoisotopic (exact) mass is 520 g/mol. The third-order valence-corrected chi connectivity index (χ3v) is 8.12. The topological polar surface area (TPSA) is 150 Å². The van der Waals surface area contributed by atoms with Crippen molar-refractivity contribution in [3.05, 3.63) is 34.2 Å². The fourth-order valence-corrected chi connectivity index (χ4v) is 6.46. The number of nitrogens with one attached hydrogen (secondary N) is 1. The van der Waals surface area contributed by atoms with Crippen molar-refractivity contribution in [2.24, 2.45) is 5.16 Å². The number of thiazole rings is 1. The largest absolute Gasteiger partial charge is 1.00 e. The SMILES string of the molecule is CO/N=C(\C(=O)NC1C(=O)N2C(C(=O)[O-])=C(CSc3ncns3)CS[C@@H]12)c1cscn1.[Na+]. The summed E-state index contributed by atoms with van der Waals surface area (Å²) in [6.45, 7) is 0. The smallest absolute Gasteiger partial charge is 0.543 e. The summed E-state index contributed by atoms with van der Waals surface area (Å²) in [7, 11) is 1.30. The number of rotatable bonds is 8. The number of β-lactam (4-membered cyclic amide) rings is 1. The van der Waals surface area contributed by atoms with Gasteiger partial charge in [0.2, 0.25) is 0 Å². The van der Waals surface area contributed by atoms with Gasteiger partial charge in [0.1, 0.15) is 30.5 Å². The number of carboxylic acids is 1. The van der Waals surface area contributed by atoms with Gasteiger partial charge in [-0.05, 0) is 17.1 Å². The average molecular weight is 521 g/mol. The number of thioether (sulfide) groups is 2. The standard InChI is InChI=1S/C16H14N6O5S4.Na/c1-27-21-9(8-4-28-6-18-8)12(23)20-10-13(24)22-11(15(25)26)7(2-29-14(10)22)3-30-16-17-5-19-31-16;/h4-6,10,14H,2-3H2,1H3,(H,20,23)(H,25,26);/q;+1/p-1/b21-9-;/t10?,14-;/m0./s1. The number of aromatic nitrogens is 3. The zero-order valence-electron chi connectivity index (χ0n) is 16.7. The van der Waals surface area contributed by atoms with Crippen molar-refractivity contribution >= 4 is 69.9 Å². The normalized spacial score (nSPS) is 20.2. The number of hydrogen-bond donors (Lipinski definition) is 1. The number of nitrogens with zero attached hydrogens (tertiary/aromatic N) is 5. The van der Waals surface area contributed by atoms with E-state index in [-0.39, 0.29) is 41.0 Å². The van der Waals surface area contributed by atoms with Crippen molar-refractivity contribution in [3.63, 3.8) is 0 Å². The molecule has 0 saturated carbocycles. The number of aliphatic carboxylic acids is 1. The first kappa shape index (κ1) is 25.1. The van der Waals surface area contributed by atoms with Crippen molar-refractivity contribution in [2.75, 3.05) is 18.6 Å². The fraction of sp³-hybridized carbons (Fsp3) is 0.312. The minimum Gasteiger partial charge on any atom is -0.543 e. The number of hydrogen-bond acceptors (Lipinski definition) is 13. The molecule has 0 aromatic carbocycles. The quantitative estimate of drug-likeness (QED) is 0.122. The maximum Gasteiger partial charge on any atom is 1.00 e. The molecule has 0 bridgehead atoms. The number of fused-ring (bicyclic) bond motifs is 1. The summed E-state index contributed by atoms with van der Waals surface area (Å²) in [5, 5.41) is 19.2. The molecule has 2 aromatic rings. The molecule has 1 unspecified atom stereocenters. The molecular formula is C16H13N6NaO5S4. The summed E-state index contributed by atoms with van der Waals surface area (Å²) in [5.41, 5.74) is 2.20. The van der Waals surface area contributed by atoms with E-state index in [0.717, 1.165) is 0 Å². The molecule has 4 rings (SSSR count). The molecular weight excluding hydrogens is 507 g/mol. The summed E-state index contributed by atoms with van der Waals surface area (Å²) in [4.78, 5) is 51.2. The first-order chi connectivity index (χ1) is 15.0. The molecule has 32 heavy (non-hydrogen) atoms. The molecule has 2 aliphatic heterocycles. The molecule has 4 heterocycles. The second kappa shape index (κ2) is 11.1. The van der Waals surface area contributed by atoms with E-state index in [9.17, 15) is 19.5 Å². The van der Waals surface area contributed by atoms with Gasteiger partial charge >= 0.3 is 29.6 Å². The Kier molecular flexibility index (Phi) is 8.71. The second-order valence-electron chi connectivity index (χ2n) is 6.09. The van der Waals surface area contributed by atoms with Crippen LogP contribution < -0.4 is 40.0 Å². The molecule has 2 aliphatic rings.